The number of benzene rings is 10. The van der Waals surface area contributed by atoms with Crippen molar-refractivity contribution in [3.8, 4) is 67.9 Å². The monoisotopic (exact) mass is 818 g/mol. The van der Waals surface area contributed by atoms with Crippen LogP contribution < -0.4 is 0 Å². The predicted molar refractivity (Wildman–Crippen MR) is 260 cm³/mol. The average Bonchev–Trinajstić information content (AvgIpc) is 3.98. The third-order valence-corrected chi connectivity index (χ3v) is 12.4. The van der Waals surface area contributed by atoms with Crippen LogP contribution in [0, 0.1) is 0 Å². The Morgan fingerprint density at radius 1 is 0.297 bits per heavy atom. The summed E-state index contributed by atoms with van der Waals surface area (Å²) in [7, 11) is 0. The molecule has 0 saturated heterocycles. The first-order valence-electron chi connectivity index (χ1n) is 21.4. The first-order chi connectivity index (χ1) is 31.7. The highest BCUT2D eigenvalue weighted by Gasteiger charge is 2.21. The number of hydrogen-bond donors (Lipinski definition) is 0. The third-order valence-electron chi connectivity index (χ3n) is 12.4. The zero-order valence-corrected chi connectivity index (χ0v) is 34.2. The summed E-state index contributed by atoms with van der Waals surface area (Å²) >= 11 is 0. The van der Waals surface area contributed by atoms with Gasteiger partial charge in [-0.05, 0) is 84.9 Å². The first-order valence-corrected chi connectivity index (χ1v) is 21.4. The fraction of sp³-hybridized carbons (Fsp3) is 0. The molecule has 298 valence electrons. The Kier molecular flexibility index (Phi) is 8.11. The van der Waals surface area contributed by atoms with Crippen LogP contribution in [0.25, 0.3) is 133 Å². The number of fused-ring (bicyclic) bond motifs is 9. The van der Waals surface area contributed by atoms with Gasteiger partial charge in [0.1, 0.15) is 11.1 Å². The van der Waals surface area contributed by atoms with Gasteiger partial charge in [0.2, 0.25) is 5.89 Å². The van der Waals surface area contributed by atoms with Crippen molar-refractivity contribution >= 4 is 65.4 Å². The second-order valence-corrected chi connectivity index (χ2v) is 16.1. The molecule has 0 atom stereocenters. The molecule has 0 aliphatic heterocycles. The van der Waals surface area contributed by atoms with Gasteiger partial charge < -0.3 is 8.83 Å². The van der Waals surface area contributed by atoms with E-state index in [0.29, 0.717) is 34.5 Å². The molecule has 0 unspecified atom stereocenters. The molecular weight excluding hydrogens is 785 g/mol. The maximum absolute atomic E-state index is 6.68. The topological polar surface area (TPSA) is 77.8 Å². The molecule has 0 spiro atoms. The largest absolute Gasteiger partial charge is 0.452 e. The van der Waals surface area contributed by atoms with Crippen molar-refractivity contribution in [3.63, 3.8) is 0 Å². The molecule has 6 heteroatoms. The molecule has 6 nitrogen and oxygen atoms in total. The number of nitrogens with zero attached hydrogens (tertiary/aromatic N) is 4. The Labute approximate surface area is 366 Å². The Balaban J connectivity index is 0.963. The third kappa shape index (κ3) is 5.81. The molecular formula is C58H34N4O2. The highest BCUT2D eigenvalue weighted by atomic mass is 16.4. The van der Waals surface area contributed by atoms with E-state index in [1.807, 2.05) is 84.9 Å². The predicted octanol–water partition coefficient (Wildman–Crippen LogP) is 15.4. The summed E-state index contributed by atoms with van der Waals surface area (Å²) < 4.78 is 13.0. The number of aromatic nitrogens is 4. The van der Waals surface area contributed by atoms with E-state index in [4.69, 9.17) is 28.8 Å². The highest BCUT2D eigenvalue weighted by Crippen LogP contribution is 2.45. The molecule has 13 aromatic rings. The Morgan fingerprint density at radius 2 is 0.859 bits per heavy atom. The molecule has 3 heterocycles. The van der Waals surface area contributed by atoms with E-state index in [-0.39, 0.29) is 0 Å². The van der Waals surface area contributed by atoms with Gasteiger partial charge in [0, 0.05) is 33.0 Å². The zero-order valence-electron chi connectivity index (χ0n) is 34.2. The summed E-state index contributed by atoms with van der Waals surface area (Å²) in [5.41, 5.74) is 11.1. The Hall–Kier alpha value is -8.74. The van der Waals surface area contributed by atoms with Crippen molar-refractivity contribution in [1.82, 2.24) is 19.9 Å². The highest BCUT2D eigenvalue weighted by molar-refractivity contribution is 6.21. The number of rotatable bonds is 6. The zero-order chi connectivity index (χ0) is 42.1. The molecule has 0 fully saturated rings. The van der Waals surface area contributed by atoms with Gasteiger partial charge in [-0.3, -0.25) is 0 Å². The molecule has 3 aromatic heterocycles. The fourth-order valence-corrected chi connectivity index (χ4v) is 9.37. The lowest BCUT2D eigenvalue weighted by Crippen LogP contribution is -2.00. The van der Waals surface area contributed by atoms with Gasteiger partial charge in [0.15, 0.2) is 28.6 Å². The number of para-hydroxylation sites is 1. The number of oxazole rings is 1. The van der Waals surface area contributed by atoms with Gasteiger partial charge in [-0.2, -0.15) is 0 Å². The standard InChI is InChI=1S/C58H34N4O2/c1-3-15-36(16-4-1)55-60-56(37-17-5-2-6-18-37)62-57(61-55)39-20-13-19-38(34-39)40-28-29-44(43-23-10-9-22-42(40)43)46-30-31-49(47-27-26-35-14-7-8-21-41(35)52(46)47)58-59-50-33-32-48-45-24-11-12-25-51(45)63-53(48)54(50)64-58/h1-34H. The second kappa shape index (κ2) is 14.4. The fourth-order valence-electron chi connectivity index (χ4n) is 9.37. The van der Waals surface area contributed by atoms with Gasteiger partial charge in [-0.15, -0.1) is 0 Å². The van der Waals surface area contributed by atoms with Crippen LogP contribution in [0.15, 0.2) is 215 Å². The van der Waals surface area contributed by atoms with Crippen LogP contribution >= 0.6 is 0 Å². The second-order valence-electron chi connectivity index (χ2n) is 16.1. The van der Waals surface area contributed by atoms with Gasteiger partial charge >= 0.3 is 0 Å². The van der Waals surface area contributed by atoms with Crippen LogP contribution in [0.2, 0.25) is 0 Å². The van der Waals surface area contributed by atoms with Gasteiger partial charge in [0.05, 0.1) is 0 Å². The molecule has 0 aliphatic carbocycles. The summed E-state index contributed by atoms with van der Waals surface area (Å²) in [6.07, 6.45) is 0. The average molecular weight is 819 g/mol. The molecule has 0 aliphatic rings. The maximum Gasteiger partial charge on any atom is 0.228 e. The van der Waals surface area contributed by atoms with E-state index in [1.165, 1.54) is 0 Å². The van der Waals surface area contributed by atoms with Crippen LogP contribution in [-0.2, 0) is 0 Å². The summed E-state index contributed by atoms with van der Waals surface area (Å²) in [6.45, 7) is 0. The summed E-state index contributed by atoms with van der Waals surface area (Å²) in [5.74, 6) is 2.44. The molecule has 0 amide bonds. The molecule has 64 heavy (non-hydrogen) atoms. The minimum Gasteiger partial charge on any atom is -0.452 e. The minimum atomic E-state index is 0.555. The quantitative estimate of drug-likeness (QED) is 0.156. The Bertz CT molecular complexity index is 3910. The van der Waals surface area contributed by atoms with E-state index in [9.17, 15) is 0 Å². The van der Waals surface area contributed by atoms with Crippen molar-refractivity contribution in [2.45, 2.75) is 0 Å². The van der Waals surface area contributed by atoms with Crippen LogP contribution in [0.4, 0.5) is 0 Å². The minimum absolute atomic E-state index is 0.555. The smallest absolute Gasteiger partial charge is 0.228 e. The van der Waals surface area contributed by atoms with Gasteiger partial charge in [0.25, 0.3) is 0 Å². The van der Waals surface area contributed by atoms with Gasteiger partial charge in [-0.25, -0.2) is 19.9 Å². The summed E-state index contributed by atoms with van der Waals surface area (Å²) in [6, 6.07) is 71.5. The molecule has 10 aromatic carbocycles. The Morgan fingerprint density at radius 3 is 1.62 bits per heavy atom. The molecule has 0 bridgehead atoms. The van der Waals surface area contributed by atoms with Crippen molar-refractivity contribution < 1.29 is 8.83 Å². The van der Waals surface area contributed by atoms with Crippen molar-refractivity contribution in [2.75, 3.05) is 0 Å². The van der Waals surface area contributed by atoms with Crippen LogP contribution in [0.1, 0.15) is 0 Å². The SMILES string of the molecule is c1ccc(-c2nc(-c3ccccc3)nc(-c3cccc(-c4ccc(-c5ccc(-c6nc7ccc8c9ccccc9oc8c7o6)c6ccc7ccccc7c56)c5ccccc45)c3)n2)cc1. The van der Waals surface area contributed by atoms with E-state index in [0.717, 1.165) is 98.7 Å². The maximum atomic E-state index is 6.68. The van der Waals surface area contributed by atoms with E-state index in [1.54, 1.807) is 0 Å². The van der Waals surface area contributed by atoms with E-state index < -0.39 is 0 Å². The summed E-state index contributed by atoms with van der Waals surface area (Å²) in [5, 5.41) is 8.90. The van der Waals surface area contributed by atoms with Gasteiger partial charge in [-0.1, -0.05) is 176 Å². The van der Waals surface area contributed by atoms with Crippen molar-refractivity contribution in [1.29, 1.82) is 0 Å². The lowest BCUT2D eigenvalue weighted by atomic mass is 9.87. The lowest BCUT2D eigenvalue weighted by Gasteiger charge is -2.17. The summed E-state index contributed by atoms with van der Waals surface area (Å²) in [4.78, 5) is 20.0. The molecule has 13 rings (SSSR count). The van der Waals surface area contributed by atoms with Crippen LogP contribution in [-0.4, -0.2) is 19.9 Å². The normalized spacial score (nSPS) is 11.8. The molecule has 0 radical (unpaired) electrons. The van der Waals surface area contributed by atoms with E-state index >= 15 is 0 Å². The first kappa shape index (κ1) is 36.0. The van der Waals surface area contributed by atoms with Crippen molar-refractivity contribution in [3.05, 3.63) is 206 Å². The number of furan rings is 1. The van der Waals surface area contributed by atoms with Crippen LogP contribution in [0.3, 0.4) is 0 Å². The number of hydrogen-bond acceptors (Lipinski definition) is 6. The van der Waals surface area contributed by atoms with E-state index in [2.05, 4.69) is 121 Å². The van der Waals surface area contributed by atoms with Crippen LogP contribution in [0.5, 0.6) is 0 Å². The molecule has 0 saturated carbocycles. The van der Waals surface area contributed by atoms with Crippen molar-refractivity contribution in [2.24, 2.45) is 0 Å². The molecule has 0 N–H and O–H groups in total. The lowest BCUT2D eigenvalue weighted by molar-refractivity contribution is 0.604.